The molecule has 5 nitrogen and oxygen atoms in total. The van der Waals surface area contributed by atoms with Gasteiger partial charge in [-0.25, -0.2) is 4.79 Å². The van der Waals surface area contributed by atoms with Crippen LogP contribution in [0.15, 0.2) is 24.3 Å². The molecule has 1 atom stereocenters. The van der Waals surface area contributed by atoms with Crippen LogP contribution in [0, 0.1) is 11.3 Å². The molecule has 2 aliphatic heterocycles. The molecule has 1 amide bonds. The fourth-order valence-corrected chi connectivity index (χ4v) is 4.04. The zero-order valence-electron chi connectivity index (χ0n) is 14.9. The molecule has 1 N–H and O–H groups in total. The van der Waals surface area contributed by atoms with Gasteiger partial charge in [0.2, 0.25) is 5.91 Å². The standard InChI is InChI=1S/C20H27NO4/c1-20(9-4-12-25-14-20)19(24)21-10-7-15(8-11-21)13-16-5-2-3-6-17(16)18(22)23/h2-3,5-6,15H,4,7-14H2,1H3,(H,22,23)/t20-/m0/s1. The van der Waals surface area contributed by atoms with E-state index in [0.29, 0.717) is 18.1 Å². The summed E-state index contributed by atoms with van der Waals surface area (Å²) >= 11 is 0. The Labute approximate surface area is 149 Å². The lowest BCUT2D eigenvalue weighted by atomic mass is 9.82. The van der Waals surface area contributed by atoms with Gasteiger partial charge in [0, 0.05) is 19.7 Å². The van der Waals surface area contributed by atoms with Crippen LogP contribution in [0.4, 0.5) is 0 Å². The van der Waals surface area contributed by atoms with Crippen molar-refractivity contribution in [2.75, 3.05) is 26.3 Å². The highest BCUT2D eigenvalue weighted by atomic mass is 16.5. The van der Waals surface area contributed by atoms with Crippen LogP contribution in [0.25, 0.3) is 0 Å². The van der Waals surface area contributed by atoms with Crippen LogP contribution in [0.3, 0.4) is 0 Å². The minimum absolute atomic E-state index is 0.219. The van der Waals surface area contributed by atoms with Crippen LogP contribution in [0.5, 0.6) is 0 Å². The van der Waals surface area contributed by atoms with E-state index in [2.05, 4.69) is 0 Å². The SMILES string of the molecule is C[C@]1(C(=O)N2CCC(Cc3ccccc3C(=O)O)CC2)CCCOC1. The second-order valence-electron chi connectivity index (χ2n) is 7.62. The Morgan fingerprint density at radius 2 is 2.00 bits per heavy atom. The molecule has 2 fully saturated rings. The quantitative estimate of drug-likeness (QED) is 0.911. The Bertz CT molecular complexity index is 628. The lowest BCUT2D eigenvalue weighted by Crippen LogP contribution is -2.49. The van der Waals surface area contributed by atoms with Crippen molar-refractivity contribution >= 4 is 11.9 Å². The monoisotopic (exact) mass is 345 g/mol. The summed E-state index contributed by atoms with van der Waals surface area (Å²) in [6.45, 7) is 4.82. The van der Waals surface area contributed by atoms with Gasteiger partial charge in [-0.05, 0) is 56.6 Å². The first-order valence-corrected chi connectivity index (χ1v) is 9.18. The maximum atomic E-state index is 12.9. The van der Waals surface area contributed by atoms with E-state index in [0.717, 1.165) is 57.4 Å². The Morgan fingerprint density at radius 1 is 1.28 bits per heavy atom. The van der Waals surface area contributed by atoms with Gasteiger partial charge in [0.05, 0.1) is 17.6 Å². The summed E-state index contributed by atoms with van der Waals surface area (Å²) in [6.07, 6.45) is 4.47. The van der Waals surface area contributed by atoms with Gasteiger partial charge in [0.1, 0.15) is 0 Å². The number of carboxylic acids is 1. The normalized spacial score (nSPS) is 24.9. The predicted molar refractivity (Wildman–Crippen MR) is 94.6 cm³/mol. The van der Waals surface area contributed by atoms with Crippen molar-refractivity contribution in [2.24, 2.45) is 11.3 Å². The van der Waals surface area contributed by atoms with E-state index in [-0.39, 0.29) is 11.3 Å². The fourth-order valence-electron chi connectivity index (χ4n) is 4.04. The van der Waals surface area contributed by atoms with Crippen LogP contribution < -0.4 is 0 Å². The minimum atomic E-state index is -0.867. The predicted octanol–water partition coefficient (Wildman–Crippen LogP) is 2.98. The minimum Gasteiger partial charge on any atom is -0.478 e. The third-order valence-electron chi connectivity index (χ3n) is 5.61. The third kappa shape index (κ3) is 4.03. The molecule has 2 heterocycles. The maximum absolute atomic E-state index is 12.9. The van der Waals surface area contributed by atoms with E-state index < -0.39 is 5.97 Å². The second-order valence-corrected chi connectivity index (χ2v) is 7.62. The number of carbonyl (C=O) groups excluding carboxylic acids is 1. The van der Waals surface area contributed by atoms with Crippen molar-refractivity contribution in [1.29, 1.82) is 0 Å². The first-order valence-electron chi connectivity index (χ1n) is 9.18. The van der Waals surface area contributed by atoms with E-state index in [1.165, 1.54) is 0 Å². The third-order valence-corrected chi connectivity index (χ3v) is 5.61. The molecule has 2 aliphatic rings. The molecule has 0 bridgehead atoms. The number of likely N-dealkylation sites (tertiary alicyclic amines) is 1. The van der Waals surface area contributed by atoms with E-state index in [1.54, 1.807) is 12.1 Å². The number of hydrogen-bond donors (Lipinski definition) is 1. The topological polar surface area (TPSA) is 66.8 Å². The number of amides is 1. The number of aromatic carboxylic acids is 1. The molecule has 5 heteroatoms. The first-order chi connectivity index (χ1) is 12.0. The van der Waals surface area contributed by atoms with Crippen LogP contribution in [-0.4, -0.2) is 48.2 Å². The van der Waals surface area contributed by atoms with Crippen LogP contribution in [0.1, 0.15) is 48.5 Å². The number of rotatable bonds is 4. The molecule has 0 radical (unpaired) electrons. The van der Waals surface area contributed by atoms with Crippen molar-refractivity contribution in [3.8, 4) is 0 Å². The van der Waals surface area contributed by atoms with Gasteiger partial charge >= 0.3 is 5.97 Å². The second kappa shape index (κ2) is 7.56. The molecular weight excluding hydrogens is 318 g/mol. The number of piperidine rings is 1. The maximum Gasteiger partial charge on any atom is 0.335 e. The van der Waals surface area contributed by atoms with E-state index in [1.807, 2.05) is 24.0 Å². The van der Waals surface area contributed by atoms with Crippen molar-refractivity contribution in [3.05, 3.63) is 35.4 Å². The highest BCUT2D eigenvalue weighted by Gasteiger charge is 2.39. The highest BCUT2D eigenvalue weighted by molar-refractivity contribution is 5.89. The Morgan fingerprint density at radius 3 is 2.64 bits per heavy atom. The molecule has 0 spiro atoms. The van der Waals surface area contributed by atoms with Crippen molar-refractivity contribution in [1.82, 2.24) is 4.90 Å². The lowest BCUT2D eigenvalue weighted by Gasteiger charge is -2.40. The first kappa shape index (κ1) is 17.9. The Balaban J connectivity index is 1.57. The summed E-state index contributed by atoms with van der Waals surface area (Å²) < 4.78 is 5.53. The summed E-state index contributed by atoms with van der Waals surface area (Å²) in [6, 6.07) is 7.23. The lowest BCUT2D eigenvalue weighted by molar-refractivity contribution is -0.150. The largest absolute Gasteiger partial charge is 0.478 e. The summed E-state index contributed by atoms with van der Waals surface area (Å²) in [7, 11) is 0. The molecule has 0 aromatic heterocycles. The van der Waals surface area contributed by atoms with Crippen molar-refractivity contribution < 1.29 is 19.4 Å². The molecule has 136 valence electrons. The fraction of sp³-hybridized carbons (Fsp3) is 0.600. The van der Waals surface area contributed by atoms with Gasteiger partial charge in [-0.1, -0.05) is 18.2 Å². The smallest absolute Gasteiger partial charge is 0.335 e. The van der Waals surface area contributed by atoms with E-state index in [9.17, 15) is 14.7 Å². The molecule has 3 rings (SSSR count). The molecule has 2 saturated heterocycles. The molecule has 1 aromatic carbocycles. The van der Waals surface area contributed by atoms with Gasteiger partial charge in [0.15, 0.2) is 0 Å². The van der Waals surface area contributed by atoms with Gasteiger partial charge in [0.25, 0.3) is 0 Å². The number of carbonyl (C=O) groups is 2. The number of ether oxygens (including phenoxy) is 1. The Hall–Kier alpha value is -1.88. The zero-order chi connectivity index (χ0) is 17.9. The number of nitrogens with zero attached hydrogens (tertiary/aromatic N) is 1. The average molecular weight is 345 g/mol. The van der Waals surface area contributed by atoms with Gasteiger partial charge in [-0.15, -0.1) is 0 Å². The van der Waals surface area contributed by atoms with E-state index in [4.69, 9.17) is 4.74 Å². The van der Waals surface area contributed by atoms with Gasteiger partial charge in [-0.2, -0.15) is 0 Å². The Kier molecular flexibility index (Phi) is 5.42. The van der Waals surface area contributed by atoms with Gasteiger partial charge in [-0.3, -0.25) is 4.79 Å². The average Bonchev–Trinajstić information content (AvgIpc) is 2.63. The van der Waals surface area contributed by atoms with Crippen LogP contribution in [-0.2, 0) is 16.0 Å². The molecule has 0 aliphatic carbocycles. The highest BCUT2D eigenvalue weighted by Crippen LogP contribution is 2.32. The number of hydrogen-bond acceptors (Lipinski definition) is 3. The van der Waals surface area contributed by atoms with Crippen molar-refractivity contribution in [3.63, 3.8) is 0 Å². The molecule has 0 saturated carbocycles. The van der Waals surface area contributed by atoms with Gasteiger partial charge < -0.3 is 14.7 Å². The number of carboxylic acid groups (broad SMARTS) is 1. The molecular formula is C20H27NO4. The zero-order valence-corrected chi connectivity index (χ0v) is 14.9. The van der Waals surface area contributed by atoms with Crippen LogP contribution >= 0.6 is 0 Å². The summed E-state index contributed by atoms with van der Waals surface area (Å²) in [5, 5.41) is 9.32. The van der Waals surface area contributed by atoms with Crippen LogP contribution in [0.2, 0.25) is 0 Å². The molecule has 1 aromatic rings. The van der Waals surface area contributed by atoms with E-state index >= 15 is 0 Å². The molecule has 0 unspecified atom stereocenters. The summed E-state index contributed by atoms with van der Waals surface area (Å²) in [4.78, 5) is 26.2. The molecule has 25 heavy (non-hydrogen) atoms. The number of benzene rings is 1. The van der Waals surface area contributed by atoms with Crippen molar-refractivity contribution in [2.45, 2.75) is 39.0 Å². The summed E-state index contributed by atoms with van der Waals surface area (Å²) in [5.41, 5.74) is 0.918. The summed E-state index contributed by atoms with van der Waals surface area (Å²) in [5.74, 6) is -0.218.